The van der Waals surface area contributed by atoms with Crippen molar-refractivity contribution in [2.24, 2.45) is 5.10 Å². The third-order valence-corrected chi connectivity index (χ3v) is 3.42. The van der Waals surface area contributed by atoms with Crippen LogP contribution in [0, 0.1) is 0 Å². The topological polar surface area (TPSA) is 59.9 Å². The van der Waals surface area contributed by atoms with Gasteiger partial charge in [-0.2, -0.15) is 5.10 Å². The molecule has 0 aliphatic heterocycles. The van der Waals surface area contributed by atoms with Gasteiger partial charge in [-0.15, -0.1) is 11.3 Å². The molecular weight excluding hydrogens is 276 g/mol. The molecular formula is C14H14N2O3S. The highest BCUT2D eigenvalue weighted by atomic mass is 32.1. The minimum atomic E-state index is -0.238. The van der Waals surface area contributed by atoms with Crippen LogP contribution in [0.3, 0.4) is 0 Å². The van der Waals surface area contributed by atoms with E-state index in [1.807, 2.05) is 23.6 Å². The summed E-state index contributed by atoms with van der Waals surface area (Å²) >= 11 is 1.36. The van der Waals surface area contributed by atoms with Crippen LogP contribution in [0.1, 0.15) is 15.2 Å². The van der Waals surface area contributed by atoms with Gasteiger partial charge in [-0.05, 0) is 23.6 Å². The Morgan fingerprint density at radius 1 is 1.25 bits per heavy atom. The highest BCUT2D eigenvalue weighted by Gasteiger charge is 2.08. The third-order valence-electron chi connectivity index (χ3n) is 2.55. The number of amides is 1. The van der Waals surface area contributed by atoms with E-state index in [0.717, 1.165) is 5.56 Å². The summed E-state index contributed by atoms with van der Waals surface area (Å²) in [6.45, 7) is 0. The summed E-state index contributed by atoms with van der Waals surface area (Å²) in [5, 5.41) is 5.77. The molecule has 2 rings (SSSR count). The van der Waals surface area contributed by atoms with Crippen molar-refractivity contribution in [3.05, 3.63) is 46.2 Å². The molecule has 20 heavy (non-hydrogen) atoms. The number of benzene rings is 1. The van der Waals surface area contributed by atoms with E-state index in [0.29, 0.717) is 16.4 Å². The quantitative estimate of drug-likeness (QED) is 0.680. The predicted octanol–water partition coefficient (Wildman–Crippen LogP) is 2.53. The van der Waals surface area contributed by atoms with Crippen molar-refractivity contribution in [3.8, 4) is 11.5 Å². The van der Waals surface area contributed by atoms with Crippen LogP contribution in [0.2, 0.25) is 0 Å². The fourth-order valence-corrected chi connectivity index (χ4v) is 2.25. The van der Waals surface area contributed by atoms with E-state index in [4.69, 9.17) is 9.47 Å². The molecule has 0 atom stereocenters. The van der Waals surface area contributed by atoms with Crippen LogP contribution < -0.4 is 14.9 Å². The number of hydrogen-bond donors (Lipinski definition) is 1. The lowest BCUT2D eigenvalue weighted by molar-refractivity contribution is 0.0959. The van der Waals surface area contributed by atoms with Gasteiger partial charge in [0.2, 0.25) is 0 Å². The Morgan fingerprint density at radius 3 is 2.75 bits per heavy atom. The van der Waals surface area contributed by atoms with Gasteiger partial charge in [-0.1, -0.05) is 12.1 Å². The molecule has 1 heterocycles. The van der Waals surface area contributed by atoms with E-state index in [9.17, 15) is 4.79 Å². The highest BCUT2D eigenvalue weighted by Crippen LogP contribution is 2.29. The molecule has 5 nitrogen and oxygen atoms in total. The van der Waals surface area contributed by atoms with Gasteiger partial charge in [0.05, 0.1) is 25.3 Å². The molecule has 1 amide bonds. The Kier molecular flexibility index (Phi) is 4.73. The number of carbonyl (C=O) groups excluding carboxylic acids is 1. The van der Waals surface area contributed by atoms with Crippen LogP contribution in [-0.4, -0.2) is 26.3 Å². The Morgan fingerprint density at radius 2 is 2.10 bits per heavy atom. The lowest BCUT2D eigenvalue weighted by Gasteiger charge is -2.09. The molecule has 2 aromatic rings. The summed E-state index contributed by atoms with van der Waals surface area (Å²) in [6.07, 6.45) is 1.52. The summed E-state index contributed by atoms with van der Waals surface area (Å²) in [5.41, 5.74) is 3.19. The van der Waals surface area contributed by atoms with Gasteiger partial charge in [-0.3, -0.25) is 4.79 Å². The molecule has 0 saturated heterocycles. The molecule has 1 N–H and O–H groups in total. The SMILES string of the molecule is COc1cccc(/C=N/NC(=O)c2cccs2)c1OC. The Labute approximate surface area is 120 Å². The maximum Gasteiger partial charge on any atom is 0.281 e. The van der Waals surface area contributed by atoms with Gasteiger partial charge in [0.15, 0.2) is 11.5 Å². The number of nitrogens with one attached hydrogen (secondary N) is 1. The van der Waals surface area contributed by atoms with E-state index < -0.39 is 0 Å². The van der Waals surface area contributed by atoms with Crippen molar-refractivity contribution in [2.45, 2.75) is 0 Å². The average molecular weight is 290 g/mol. The Hall–Kier alpha value is -2.34. The number of para-hydroxylation sites is 1. The molecule has 0 aliphatic rings. The normalized spacial score (nSPS) is 10.5. The molecule has 0 spiro atoms. The van der Waals surface area contributed by atoms with Crippen molar-refractivity contribution in [3.63, 3.8) is 0 Å². The van der Waals surface area contributed by atoms with E-state index in [2.05, 4.69) is 10.5 Å². The van der Waals surface area contributed by atoms with Gasteiger partial charge in [0.1, 0.15) is 0 Å². The van der Waals surface area contributed by atoms with Crippen LogP contribution in [0.4, 0.5) is 0 Å². The maximum atomic E-state index is 11.7. The van der Waals surface area contributed by atoms with Crippen molar-refractivity contribution in [1.82, 2.24) is 5.43 Å². The predicted molar refractivity (Wildman–Crippen MR) is 78.9 cm³/mol. The van der Waals surface area contributed by atoms with Crippen LogP contribution >= 0.6 is 11.3 Å². The largest absolute Gasteiger partial charge is 0.493 e. The fraction of sp³-hybridized carbons (Fsp3) is 0.143. The minimum absolute atomic E-state index is 0.238. The lowest BCUT2D eigenvalue weighted by Crippen LogP contribution is -2.16. The first-order valence-corrected chi connectivity index (χ1v) is 6.72. The van der Waals surface area contributed by atoms with Crippen molar-refractivity contribution in [1.29, 1.82) is 0 Å². The average Bonchev–Trinajstić information content (AvgIpc) is 3.01. The van der Waals surface area contributed by atoms with Gasteiger partial charge < -0.3 is 9.47 Å². The zero-order valence-corrected chi connectivity index (χ0v) is 11.9. The van der Waals surface area contributed by atoms with E-state index in [1.165, 1.54) is 17.6 Å². The number of methoxy groups -OCH3 is 2. The van der Waals surface area contributed by atoms with Crippen LogP contribution in [-0.2, 0) is 0 Å². The minimum Gasteiger partial charge on any atom is -0.493 e. The molecule has 104 valence electrons. The van der Waals surface area contributed by atoms with Crippen LogP contribution in [0.25, 0.3) is 0 Å². The number of hydrogen-bond acceptors (Lipinski definition) is 5. The maximum absolute atomic E-state index is 11.7. The zero-order valence-electron chi connectivity index (χ0n) is 11.1. The molecule has 0 saturated carbocycles. The van der Waals surface area contributed by atoms with Crippen molar-refractivity contribution >= 4 is 23.5 Å². The number of hydrazone groups is 1. The molecule has 0 aliphatic carbocycles. The zero-order chi connectivity index (χ0) is 14.4. The molecule has 6 heteroatoms. The second-order valence-electron chi connectivity index (χ2n) is 3.76. The summed E-state index contributed by atoms with van der Waals surface area (Å²) in [7, 11) is 3.12. The lowest BCUT2D eigenvalue weighted by atomic mass is 10.2. The van der Waals surface area contributed by atoms with Crippen LogP contribution in [0.15, 0.2) is 40.8 Å². The van der Waals surface area contributed by atoms with E-state index >= 15 is 0 Å². The van der Waals surface area contributed by atoms with Gasteiger partial charge >= 0.3 is 0 Å². The number of carbonyl (C=O) groups is 1. The summed E-state index contributed by atoms with van der Waals surface area (Å²) < 4.78 is 10.5. The number of ether oxygens (including phenoxy) is 2. The first kappa shape index (κ1) is 14.1. The number of nitrogens with zero attached hydrogens (tertiary/aromatic N) is 1. The molecule has 0 unspecified atom stereocenters. The third kappa shape index (κ3) is 3.16. The van der Waals surface area contributed by atoms with E-state index in [-0.39, 0.29) is 5.91 Å². The molecule has 0 fully saturated rings. The summed E-state index contributed by atoms with van der Waals surface area (Å²) in [5.74, 6) is 0.947. The van der Waals surface area contributed by atoms with Crippen molar-refractivity contribution < 1.29 is 14.3 Å². The van der Waals surface area contributed by atoms with Gasteiger partial charge in [0, 0.05) is 5.56 Å². The van der Waals surface area contributed by atoms with E-state index in [1.54, 1.807) is 26.4 Å². The number of thiophene rings is 1. The van der Waals surface area contributed by atoms with Crippen LogP contribution in [0.5, 0.6) is 11.5 Å². The molecule has 0 radical (unpaired) electrons. The molecule has 1 aromatic heterocycles. The second-order valence-corrected chi connectivity index (χ2v) is 4.71. The Bertz CT molecular complexity index is 609. The molecule has 1 aromatic carbocycles. The smallest absolute Gasteiger partial charge is 0.281 e. The van der Waals surface area contributed by atoms with Gasteiger partial charge in [-0.25, -0.2) is 5.43 Å². The second kappa shape index (κ2) is 6.72. The standard InChI is InChI=1S/C14H14N2O3S/c1-18-11-6-3-5-10(13(11)19-2)9-15-16-14(17)12-7-4-8-20-12/h3-9H,1-2H3,(H,16,17)/b15-9+. The number of rotatable bonds is 5. The first-order chi connectivity index (χ1) is 9.76. The first-order valence-electron chi connectivity index (χ1n) is 5.84. The van der Waals surface area contributed by atoms with Crippen molar-refractivity contribution in [2.75, 3.05) is 14.2 Å². The highest BCUT2D eigenvalue weighted by molar-refractivity contribution is 7.12. The van der Waals surface area contributed by atoms with Gasteiger partial charge in [0.25, 0.3) is 5.91 Å². The Balaban J connectivity index is 2.10. The molecule has 0 bridgehead atoms. The summed E-state index contributed by atoms with van der Waals surface area (Å²) in [4.78, 5) is 12.3. The summed E-state index contributed by atoms with van der Waals surface area (Å²) in [6, 6.07) is 8.99. The monoisotopic (exact) mass is 290 g/mol. The fourth-order valence-electron chi connectivity index (χ4n) is 1.64.